The van der Waals surface area contributed by atoms with E-state index >= 15 is 0 Å². The van der Waals surface area contributed by atoms with Gasteiger partial charge in [0, 0.05) is 0 Å². The van der Waals surface area contributed by atoms with E-state index in [-0.39, 0.29) is 23.2 Å². The van der Waals surface area contributed by atoms with Gasteiger partial charge in [-0.1, -0.05) is 37.3 Å². The minimum atomic E-state index is -3.06. The van der Waals surface area contributed by atoms with Crippen LogP contribution >= 0.6 is 0 Å². The molecule has 0 spiro atoms. The fraction of sp³-hybridized carbons (Fsp3) is 0.267. The monoisotopic (exact) mass is 361 g/mol. The van der Waals surface area contributed by atoms with Crippen molar-refractivity contribution in [2.45, 2.75) is 19.9 Å². The Bertz CT molecular complexity index is 1050. The lowest BCUT2D eigenvalue weighted by Crippen LogP contribution is -2.19. The molecule has 1 aromatic carbocycles. The molecule has 0 saturated heterocycles. The van der Waals surface area contributed by atoms with Crippen LogP contribution in [0.25, 0.3) is 11.2 Å². The van der Waals surface area contributed by atoms with Crippen LogP contribution in [0.1, 0.15) is 18.9 Å². The standard InChI is InChI=1S/C15H19N7O2S/c1-2-8-25(17,24)21-14-19-12(16)11-13(20-14)22(15(23)18-11)9-10-6-4-3-5-7-10/h3-7H,2,8-9H2,1H3,(H,18,23)(H4,16,17,19,20,21,24). The molecule has 5 N–H and O–H groups in total. The molecule has 0 radical (unpaired) electrons. The lowest BCUT2D eigenvalue weighted by Gasteiger charge is -2.09. The van der Waals surface area contributed by atoms with Crippen molar-refractivity contribution in [3.05, 3.63) is 46.4 Å². The first-order chi connectivity index (χ1) is 11.9. The summed E-state index contributed by atoms with van der Waals surface area (Å²) in [5, 5.41) is 0. The number of nitrogens with zero attached hydrogens (tertiary/aromatic N) is 3. The van der Waals surface area contributed by atoms with Gasteiger partial charge in [0.15, 0.2) is 11.5 Å². The molecule has 0 aliphatic rings. The van der Waals surface area contributed by atoms with E-state index in [0.29, 0.717) is 24.1 Å². The first-order valence-electron chi connectivity index (χ1n) is 7.74. The second-order valence-electron chi connectivity index (χ2n) is 5.61. The molecular weight excluding hydrogens is 342 g/mol. The summed E-state index contributed by atoms with van der Waals surface area (Å²) < 4.78 is 23.9. The van der Waals surface area contributed by atoms with Crippen LogP contribution < -0.4 is 16.1 Å². The highest BCUT2D eigenvalue weighted by atomic mass is 32.2. The van der Waals surface area contributed by atoms with Gasteiger partial charge in [-0.3, -0.25) is 9.29 Å². The molecule has 9 nitrogen and oxygen atoms in total. The molecule has 3 aromatic rings. The topological polar surface area (TPSA) is 143 Å². The van der Waals surface area contributed by atoms with Gasteiger partial charge in [-0.2, -0.15) is 9.97 Å². The molecule has 0 saturated carbocycles. The molecule has 0 amide bonds. The number of nitrogens with two attached hydrogens (primary N) is 1. The largest absolute Gasteiger partial charge is 0.382 e. The van der Waals surface area contributed by atoms with Crippen LogP contribution in [0.3, 0.4) is 0 Å². The van der Waals surface area contributed by atoms with Crippen LogP contribution in [-0.2, 0) is 16.5 Å². The minimum absolute atomic E-state index is 0.0285. The molecule has 2 aromatic heterocycles. The summed E-state index contributed by atoms with van der Waals surface area (Å²) in [4.78, 5) is 23.2. The molecule has 25 heavy (non-hydrogen) atoms. The Labute approximate surface area is 144 Å². The first kappa shape index (κ1) is 17.0. The van der Waals surface area contributed by atoms with E-state index in [1.807, 2.05) is 37.3 Å². The van der Waals surface area contributed by atoms with Gasteiger partial charge in [0.05, 0.1) is 12.3 Å². The smallest absolute Gasteiger partial charge is 0.328 e. The molecule has 2 heterocycles. The van der Waals surface area contributed by atoms with Crippen LogP contribution in [0.5, 0.6) is 0 Å². The van der Waals surface area contributed by atoms with Crippen LogP contribution in [0.2, 0.25) is 0 Å². The van der Waals surface area contributed by atoms with Gasteiger partial charge in [-0.25, -0.2) is 13.8 Å². The van der Waals surface area contributed by atoms with Crippen molar-refractivity contribution in [1.29, 1.82) is 4.78 Å². The molecule has 1 unspecified atom stereocenters. The Morgan fingerprint density at radius 3 is 2.72 bits per heavy atom. The SMILES string of the molecule is CCCS(=N)(=O)Nc1nc(N)c2[nH]c(=O)n(Cc3ccccc3)c2n1. The Hall–Kier alpha value is -2.88. The number of aromatic amines is 1. The van der Waals surface area contributed by atoms with Crippen molar-refractivity contribution in [3.8, 4) is 0 Å². The van der Waals surface area contributed by atoms with Crippen molar-refractivity contribution in [1.82, 2.24) is 19.5 Å². The quantitative estimate of drug-likeness (QED) is 0.526. The highest BCUT2D eigenvalue weighted by molar-refractivity contribution is 7.93. The minimum Gasteiger partial charge on any atom is -0.382 e. The Morgan fingerprint density at radius 1 is 1.32 bits per heavy atom. The van der Waals surface area contributed by atoms with Crippen LogP contribution in [0, 0.1) is 4.78 Å². The zero-order chi connectivity index (χ0) is 18.0. The highest BCUT2D eigenvalue weighted by Crippen LogP contribution is 2.18. The summed E-state index contributed by atoms with van der Waals surface area (Å²) in [6, 6.07) is 9.44. The van der Waals surface area contributed by atoms with Crippen LogP contribution in [0.4, 0.5) is 11.8 Å². The number of imidazole rings is 1. The average Bonchev–Trinajstić information content (AvgIpc) is 2.85. The molecule has 3 rings (SSSR count). The predicted octanol–water partition coefficient (Wildman–Crippen LogP) is 1.53. The Kier molecular flexibility index (Phi) is 4.45. The number of aromatic nitrogens is 4. The number of H-pyrrole nitrogens is 1. The van der Waals surface area contributed by atoms with Crippen molar-refractivity contribution in [2.75, 3.05) is 16.2 Å². The normalized spacial score (nSPS) is 13.6. The van der Waals surface area contributed by atoms with Crippen molar-refractivity contribution >= 4 is 32.8 Å². The van der Waals surface area contributed by atoms with E-state index in [4.69, 9.17) is 10.5 Å². The van der Waals surface area contributed by atoms with Crippen molar-refractivity contribution < 1.29 is 4.21 Å². The molecule has 0 bridgehead atoms. The van der Waals surface area contributed by atoms with Crippen molar-refractivity contribution in [2.24, 2.45) is 0 Å². The molecule has 132 valence electrons. The molecular formula is C15H19N7O2S. The molecule has 0 fully saturated rings. The predicted molar refractivity (Wildman–Crippen MR) is 97.7 cm³/mol. The van der Waals surface area contributed by atoms with Crippen LogP contribution in [0.15, 0.2) is 35.1 Å². The fourth-order valence-corrected chi connectivity index (χ4v) is 3.56. The number of benzene rings is 1. The summed E-state index contributed by atoms with van der Waals surface area (Å²) in [5.41, 5.74) is 7.08. The van der Waals surface area contributed by atoms with Gasteiger partial charge in [-0.05, 0) is 12.0 Å². The van der Waals surface area contributed by atoms with E-state index in [1.165, 1.54) is 4.57 Å². The van der Waals surface area contributed by atoms with E-state index in [2.05, 4.69) is 19.7 Å². The Balaban J connectivity index is 2.06. The van der Waals surface area contributed by atoms with Gasteiger partial charge >= 0.3 is 5.69 Å². The number of rotatable bonds is 6. The highest BCUT2D eigenvalue weighted by Gasteiger charge is 2.16. The maximum atomic E-state index is 12.3. The van der Waals surface area contributed by atoms with E-state index in [0.717, 1.165) is 5.56 Å². The van der Waals surface area contributed by atoms with Gasteiger partial charge in [0.2, 0.25) is 5.95 Å². The summed E-state index contributed by atoms with van der Waals surface area (Å²) >= 11 is 0. The lowest BCUT2D eigenvalue weighted by atomic mass is 10.2. The number of hydrogen-bond donors (Lipinski definition) is 4. The zero-order valence-electron chi connectivity index (χ0n) is 13.7. The number of fused-ring (bicyclic) bond motifs is 1. The lowest BCUT2D eigenvalue weighted by molar-refractivity contribution is 0.676. The average molecular weight is 361 g/mol. The second kappa shape index (κ2) is 6.55. The maximum absolute atomic E-state index is 12.3. The van der Waals surface area contributed by atoms with E-state index in [1.54, 1.807) is 0 Å². The third-order valence-electron chi connectivity index (χ3n) is 3.58. The van der Waals surface area contributed by atoms with E-state index < -0.39 is 9.92 Å². The summed E-state index contributed by atoms with van der Waals surface area (Å²) in [5.74, 6) is 0.195. The zero-order valence-corrected chi connectivity index (χ0v) is 14.5. The van der Waals surface area contributed by atoms with Crippen molar-refractivity contribution in [3.63, 3.8) is 0 Å². The third-order valence-corrected chi connectivity index (χ3v) is 5.08. The summed E-state index contributed by atoms with van der Waals surface area (Å²) in [6.07, 6.45) is 0.579. The van der Waals surface area contributed by atoms with E-state index in [9.17, 15) is 9.00 Å². The summed E-state index contributed by atoms with van der Waals surface area (Å²) in [7, 11) is -3.06. The number of nitrogens with one attached hydrogen (secondary N) is 3. The van der Waals surface area contributed by atoms with Crippen LogP contribution in [-0.4, -0.2) is 29.5 Å². The van der Waals surface area contributed by atoms with Gasteiger partial charge in [-0.15, -0.1) is 0 Å². The molecule has 0 aliphatic heterocycles. The fourth-order valence-electron chi connectivity index (χ4n) is 2.50. The summed E-state index contributed by atoms with van der Waals surface area (Å²) in [6.45, 7) is 2.14. The molecule has 10 heteroatoms. The number of anilines is 2. The maximum Gasteiger partial charge on any atom is 0.328 e. The second-order valence-corrected chi connectivity index (χ2v) is 7.58. The van der Waals surface area contributed by atoms with Gasteiger partial charge < -0.3 is 10.7 Å². The van der Waals surface area contributed by atoms with Gasteiger partial charge in [0.25, 0.3) is 0 Å². The number of hydrogen-bond acceptors (Lipinski definition) is 6. The third kappa shape index (κ3) is 3.63. The van der Waals surface area contributed by atoms with Gasteiger partial charge in [0.1, 0.15) is 15.4 Å². The molecule has 1 atom stereocenters. The Morgan fingerprint density at radius 2 is 2.04 bits per heavy atom. The molecule has 0 aliphatic carbocycles. The first-order valence-corrected chi connectivity index (χ1v) is 9.46. The number of nitrogen functional groups attached to an aromatic ring is 1.